The molecular formula is C16H24N2O3. The predicted molar refractivity (Wildman–Crippen MR) is 83.6 cm³/mol. The van der Waals surface area contributed by atoms with Gasteiger partial charge in [0.25, 0.3) is 0 Å². The first-order valence-corrected chi connectivity index (χ1v) is 7.33. The molecule has 1 aromatic carbocycles. The van der Waals surface area contributed by atoms with E-state index in [-0.39, 0.29) is 18.5 Å². The van der Waals surface area contributed by atoms with Crippen molar-refractivity contribution >= 4 is 17.7 Å². The molecule has 0 saturated carbocycles. The second kappa shape index (κ2) is 8.29. The number of benzene rings is 1. The van der Waals surface area contributed by atoms with Gasteiger partial charge in [0.1, 0.15) is 0 Å². The molecule has 0 heterocycles. The maximum absolute atomic E-state index is 12.3. The molecule has 1 rings (SSSR count). The van der Waals surface area contributed by atoms with Crippen LogP contribution >= 0.6 is 0 Å². The topological polar surface area (TPSA) is 69.6 Å². The number of rotatable bonds is 7. The van der Waals surface area contributed by atoms with Crippen LogP contribution in [0.15, 0.2) is 24.3 Å². The third kappa shape index (κ3) is 5.10. The molecule has 0 aliphatic rings. The van der Waals surface area contributed by atoms with Crippen molar-refractivity contribution in [3.8, 4) is 0 Å². The summed E-state index contributed by atoms with van der Waals surface area (Å²) < 4.78 is 0. The van der Waals surface area contributed by atoms with Gasteiger partial charge in [0.2, 0.25) is 0 Å². The molecule has 0 bridgehead atoms. The van der Waals surface area contributed by atoms with Crippen molar-refractivity contribution in [2.75, 3.05) is 12.4 Å². The summed E-state index contributed by atoms with van der Waals surface area (Å²) in [6.07, 6.45) is 2.26. The SMILES string of the molecule is CCC(CC)N(C)C(=O)Nc1ccccc1CCC(=O)O. The third-order valence-electron chi connectivity index (χ3n) is 3.68. The monoisotopic (exact) mass is 292 g/mol. The molecule has 0 unspecified atom stereocenters. The summed E-state index contributed by atoms with van der Waals surface area (Å²) in [7, 11) is 1.78. The van der Waals surface area contributed by atoms with Crippen LogP contribution in [0.25, 0.3) is 0 Å². The lowest BCUT2D eigenvalue weighted by atomic mass is 10.1. The summed E-state index contributed by atoms with van der Waals surface area (Å²) in [5.41, 5.74) is 1.52. The standard InChI is InChI=1S/C16H24N2O3/c1-4-13(5-2)18(3)16(21)17-14-9-7-6-8-12(14)10-11-15(19)20/h6-9,13H,4-5,10-11H2,1-3H3,(H,17,21)(H,19,20). The first kappa shape index (κ1) is 17.0. The number of hydrogen-bond donors (Lipinski definition) is 2. The summed E-state index contributed by atoms with van der Waals surface area (Å²) in [6, 6.07) is 7.36. The Hall–Kier alpha value is -2.04. The van der Waals surface area contributed by atoms with Crippen LogP contribution in [0.2, 0.25) is 0 Å². The van der Waals surface area contributed by atoms with Gasteiger partial charge in [-0.2, -0.15) is 0 Å². The highest BCUT2D eigenvalue weighted by Gasteiger charge is 2.17. The van der Waals surface area contributed by atoms with E-state index in [1.165, 1.54) is 0 Å². The highest BCUT2D eigenvalue weighted by molar-refractivity contribution is 5.90. The fraction of sp³-hybridized carbons (Fsp3) is 0.500. The largest absolute Gasteiger partial charge is 0.481 e. The van der Waals surface area contributed by atoms with Gasteiger partial charge in [0.05, 0.1) is 0 Å². The lowest BCUT2D eigenvalue weighted by Crippen LogP contribution is -2.39. The summed E-state index contributed by atoms with van der Waals surface area (Å²) in [5, 5.41) is 11.7. The number of carboxylic acids is 1. The third-order valence-corrected chi connectivity index (χ3v) is 3.68. The number of nitrogens with zero attached hydrogens (tertiary/aromatic N) is 1. The van der Waals surface area contributed by atoms with E-state index >= 15 is 0 Å². The Balaban J connectivity index is 2.77. The minimum absolute atomic E-state index is 0.0509. The Morgan fingerprint density at radius 2 is 1.86 bits per heavy atom. The fourth-order valence-corrected chi connectivity index (χ4v) is 2.31. The van der Waals surface area contributed by atoms with Crippen molar-refractivity contribution in [1.82, 2.24) is 4.90 Å². The Labute approximate surface area is 126 Å². The summed E-state index contributed by atoms with van der Waals surface area (Å²) in [5.74, 6) is -0.842. The van der Waals surface area contributed by atoms with E-state index in [9.17, 15) is 9.59 Å². The van der Waals surface area contributed by atoms with E-state index in [4.69, 9.17) is 5.11 Å². The maximum atomic E-state index is 12.3. The van der Waals surface area contributed by atoms with Crippen molar-refractivity contribution < 1.29 is 14.7 Å². The zero-order chi connectivity index (χ0) is 15.8. The number of urea groups is 1. The van der Waals surface area contributed by atoms with E-state index in [1.54, 1.807) is 18.0 Å². The minimum atomic E-state index is -0.842. The number of hydrogen-bond acceptors (Lipinski definition) is 2. The molecule has 0 aromatic heterocycles. The van der Waals surface area contributed by atoms with Gasteiger partial charge in [-0.15, -0.1) is 0 Å². The number of carboxylic acid groups (broad SMARTS) is 1. The van der Waals surface area contributed by atoms with Gasteiger partial charge in [-0.3, -0.25) is 4.79 Å². The van der Waals surface area contributed by atoms with Crippen molar-refractivity contribution in [3.05, 3.63) is 29.8 Å². The van der Waals surface area contributed by atoms with E-state index in [0.717, 1.165) is 18.4 Å². The molecule has 116 valence electrons. The Morgan fingerprint density at radius 3 is 2.43 bits per heavy atom. The summed E-state index contributed by atoms with van der Waals surface area (Å²) >= 11 is 0. The van der Waals surface area contributed by atoms with E-state index in [2.05, 4.69) is 19.2 Å². The Kier molecular flexibility index (Phi) is 6.72. The first-order chi connectivity index (χ1) is 9.99. The molecule has 0 aliphatic heterocycles. The average molecular weight is 292 g/mol. The van der Waals surface area contributed by atoms with E-state index in [0.29, 0.717) is 12.1 Å². The molecule has 0 atom stereocenters. The molecule has 2 N–H and O–H groups in total. The van der Waals surface area contributed by atoms with Crippen molar-refractivity contribution in [3.63, 3.8) is 0 Å². The van der Waals surface area contributed by atoms with Gasteiger partial charge in [-0.25, -0.2) is 4.79 Å². The quantitative estimate of drug-likeness (QED) is 0.809. The van der Waals surface area contributed by atoms with Crippen LogP contribution in [0.5, 0.6) is 0 Å². The molecule has 2 amide bonds. The number of anilines is 1. The van der Waals surface area contributed by atoms with Gasteiger partial charge in [0, 0.05) is 25.2 Å². The number of aryl methyl sites for hydroxylation is 1. The van der Waals surface area contributed by atoms with Crippen molar-refractivity contribution in [2.45, 2.75) is 45.6 Å². The molecule has 21 heavy (non-hydrogen) atoms. The Bertz CT molecular complexity index is 484. The van der Waals surface area contributed by atoms with Crippen molar-refractivity contribution in [1.29, 1.82) is 0 Å². The average Bonchev–Trinajstić information content (AvgIpc) is 2.47. The van der Waals surface area contributed by atoms with Gasteiger partial charge >= 0.3 is 12.0 Å². The fourth-order valence-electron chi connectivity index (χ4n) is 2.31. The number of nitrogens with one attached hydrogen (secondary N) is 1. The molecule has 5 nitrogen and oxygen atoms in total. The lowest BCUT2D eigenvalue weighted by Gasteiger charge is -2.27. The van der Waals surface area contributed by atoms with Crippen LogP contribution in [-0.4, -0.2) is 35.1 Å². The number of carbonyl (C=O) groups is 2. The van der Waals surface area contributed by atoms with Crippen LogP contribution in [-0.2, 0) is 11.2 Å². The molecule has 0 saturated heterocycles. The second-order valence-corrected chi connectivity index (χ2v) is 5.06. The minimum Gasteiger partial charge on any atom is -0.481 e. The maximum Gasteiger partial charge on any atom is 0.321 e. The Morgan fingerprint density at radius 1 is 1.24 bits per heavy atom. The summed E-state index contributed by atoms with van der Waals surface area (Å²) in [4.78, 5) is 24.6. The van der Waals surface area contributed by atoms with E-state index < -0.39 is 5.97 Å². The van der Waals surface area contributed by atoms with Crippen molar-refractivity contribution in [2.24, 2.45) is 0 Å². The zero-order valence-electron chi connectivity index (χ0n) is 12.9. The van der Waals surface area contributed by atoms with Gasteiger partial charge in [0.15, 0.2) is 0 Å². The highest BCUT2D eigenvalue weighted by Crippen LogP contribution is 2.18. The number of aliphatic carboxylic acids is 1. The molecule has 0 radical (unpaired) electrons. The predicted octanol–water partition coefficient (Wildman–Crippen LogP) is 3.36. The molecular weight excluding hydrogens is 268 g/mol. The normalized spacial score (nSPS) is 10.5. The zero-order valence-corrected chi connectivity index (χ0v) is 12.9. The highest BCUT2D eigenvalue weighted by atomic mass is 16.4. The van der Waals surface area contributed by atoms with Gasteiger partial charge in [-0.1, -0.05) is 32.0 Å². The number of amides is 2. The second-order valence-electron chi connectivity index (χ2n) is 5.06. The van der Waals surface area contributed by atoms with Crippen LogP contribution in [0.3, 0.4) is 0 Å². The molecule has 1 aromatic rings. The number of carbonyl (C=O) groups excluding carboxylic acids is 1. The molecule has 0 fully saturated rings. The van der Waals surface area contributed by atoms with Crippen LogP contribution in [0.4, 0.5) is 10.5 Å². The summed E-state index contributed by atoms with van der Waals surface area (Å²) in [6.45, 7) is 4.11. The number of para-hydroxylation sites is 1. The first-order valence-electron chi connectivity index (χ1n) is 7.33. The van der Waals surface area contributed by atoms with Gasteiger partial charge < -0.3 is 15.3 Å². The van der Waals surface area contributed by atoms with Crippen LogP contribution in [0.1, 0.15) is 38.7 Å². The van der Waals surface area contributed by atoms with Crippen LogP contribution < -0.4 is 5.32 Å². The molecule has 0 aliphatic carbocycles. The van der Waals surface area contributed by atoms with Gasteiger partial charge in [-0.05, 0) is 30.9 Å². The van der Waals surface area contributed by atoms with E-state index in [1.807, 2.05) is 18.2 Å². The smallest absolute Gasteiger partial charge is 0.321 e. The van der Waals surface area contributed by atoms with Crippen LogP contribution in [0, 0.1) is 0 Å². The molecule has 0 spiro atoms. The molecule has 5 heteroatoms. The lowest BCUT2D eigenvalue weighted by molar-refractivity contribution is -0.136.